The van der Waals surface area contributed by atoms with Crippen LogP contribution in [0.3, 0.4) is 0 Å². The van der Waals surface area contributed by atoms with Crippen LogP contribution in [-0.4, -0.2) is 54.8 Å². The number of methoxy groups -OCH3 is 1. The maximum Gasteiger partial charge on any atom is 0.288 e. The molecule has 1 fully saturated rings. The minimum absolute atomic E-state index is 0.0685. The number of hydrogen-bond acceptors (Lipinski definition) is 6. The van der Waals surface area contributed by atoms with Crippen molar-refractivity contribution in [2.75, 3.05) is 25.2 Å². The Kier molecular flexibility index (Phi) is 6.70. The van der Waals surface area contributed by atoms with Gasteiger partial charge in [0.05, 0.1) is 12.8 Å². The molecule has 1 saturated heterocycles. The summed E-state index contributed by atoms with van der Waals surface area (Å²) in [6.45, 7) is 4.29. The molecule has 0 bridgehead atoms. The molecule has 32 heavy (non-hydrogen) atoms. The zero-order valence-electron chi connectivity index (χ0n) is 18.5. The number of amidine groups is 1. The lowest BCUT2D eigenvalue weighted by Crippen LogP contribution is -2.59. The highest BCUT2D eigenvalue weighted by atomic mass is 16.5. The molecule has 0 spiro atoms. The van der Waals surface area contributed by atoms with Gasteiger partial charge in [-0.15, -0.1) is 0 Å². The number of likely N-dealkylation sites (tertiary alicyclic amines) is 1. The molecule has 2 heterocycles. The van der Waals surface area contributed by atoms with Crippen LogP contribution in [0.2, 0.25) is 0 Å². The van der Waals surface area contributed by atoms with Crippen LogP contribution in [0.25, 0.3) is 0 Å². The topological polar surface area (TPSA) is 86.3 Å². The van der Waals surface area contributed by atoms with Crippen molar-refractivity contribution in [3.8, 4) is 5.75 Å². The number of anilines is 1. The summed E-state index contributed by atoms with van der Waals surface area (Å²) in [5, 5.41) is 4.47. The molecule has 1 unspecified atom stereocenters. The molecule has 8 heteroatoms. The van der Waals surface area contributed by atoms with E-state index in [2.05, 4.69) is 26.7 Å². The van der Waals surface area contributed by atoms with E-state index in [9.17, 15) is 9.59 Å². The van der Waals surface area contributed by atoms with Crippen molar-refractivity contribution in [1.29, 1.82) is 0 Å². The van der Waals surface area contributed by atoms with Crippen molar-refractivity contribution in [1.82, 2.24) is 15.6 Å². The number of benzene rings is 2. The lowest BCUT2D eigenvalue weighted by molar-refractivity contribution is -0.120. The molecular formula is C24H29N5O3. The molecule has 2 amide bonds. The number of aliphatic imine (C=N–C) groups is 1. The number of hydrogen-bond donors (Lipinski definition) is 2. The second kappa shape index (κ2) is 9.82. The molecule has 168 valence electrons. The molecule has 2 N–H and O–H groups in total. The average molecular weight is 436 g/mol. The zero-order valence-corrected chi connectivity index (χ0v) is 18.5. The second-order valence-electron chi connectivity index (χ2n) is 8.11. The average Bonchev–Trinajstić information content (AvgIpc) is 2.83. The Balaban J connectivity index is 1.33. The number of nitrogens with zero attached hydrogens (tertiary/aromatic N) is 3. The van der Waals surface area contributed by atoms with Gasteiger partial charge in [-0.3, -0.25) is 19.9 Å². The molecule has 0 saturated carbocycles. The van der Waals surface area contributed by atoms with Crippen molar-refractivity contribution in [2.24, 2.45) is 4.99 Å². The first-order chi connectivity index (χ1) is 15.5. The smallest absolute Gasteiger partial charge is 0.288 e. The lowest BCUT2D eigenvalue weighted by atomic mass is 10.0. The van der Waals surface area contributed by atoms with Gasteiger partial charge in [-0.05, 0) is 38.0 Å². The molecule has 1 atom stereocenters. The molecule has 8 nitrogen and oxygen atoms in total. The first-order valence-corrected chi connectivity index (χ1v) is 10.9. The van der Waals surface area contributed by atoms with Gasteiger partial charge in [0, 0.05) is 31.2 Å². The maximum absolute atomic E-state index is 12.9. The molecule has 2 aromatic rings. The van der Waals surface area contributed by atoms with Gasteiger partial charge in [-0.1, -0.05) is 36.4 Å². The lowest BCUT2D eigenvalue weighted by Gasteiger charge is -2.34. The zero-order chi connectivity index (χ0) is 22.5. The second-order valence-corrected chi connectivity index (χ2v) is 8.11. The van der Waals surface area contributed by atoms with E-state index in [-0.39, 0.29) is 23.7 Å². The summed E-state index contributed by atoms with van der Waals surface area (Å²) < 4.78 is 5.45. The summed E-state index contributed by atoms with van der Waals surface area (Å²) in [4.78, 5) is 32.0. The number of para-hydroxylation sites is 2. The van der Waals surface area contributed by atoms with Gasteiger partial charge >= 0.3 is 0 Å². The van der Waals surface area contributed by atoms with Crippen molar-refractivity contribution >= 4 is 23.3 Å². The van der Waals surface area contributed by atoms with Gasteiger partial charge in [0.15, 0.2) is 0 Å². The number of carbonyl (C=O) groups excluding carboxylic acids is 2. The van der Waals surface area contributed by atoms with Gasteiger partial charge in [0.2, 0.25) is 5.84 Å². The summed E-state index contributed by atoms with van der Waals surface area (Å²) in [5.74, 6) is 0.583. The minimum atomic E-state index is -0.625. The molecule has 0 aliphatic carbocycles. The third-order valence-electron chi connectivity index (χ3n) is 5.86. The van der Waals surface area contributed by atoms with Crippen molar-refractivity contribution < 1.29 is 14.3 Å². The van der Waals surface area contributed by atoms with E-state index in [0.717, 1.165) is 43.8 Å². The van der Waals surface area contributed by atoms with E-state index < -0.39 is 6.04 Å². The normalized spacial score (nSPS) is 19.8. The van der Waals surface area contributed by atoms with Gasteiger partial charge in [-0.2, -0.15) is 0 Å². The van der Waals surface area contributed by atoms with Crippen LogP contribution < -0.4 is 20.5 Å². The van der Waals surface area contributed by atoms with Gasteiger partial charge in [0.25, 0.3) is 11.8 Å². The highest BCUT2D eigenvalue weighted by Gasteiger charge is 2.32. The summed E-state index contributed by atoms with van der Waals surface area (Å²) in [7, 11) is 1.69. The Bertz CT molecular complexity index is 986. The van der Waals surface area contributed by atoms with Crippen LogP contribution in [0.4, 0.5) is 5.69 Å². The van der Waals surface area contributed by atoms with Crippen LogP contribution in [0.15, 0.2) is 59.6 Å². The Morgan fingerprint density at radius 2 is 1.81 bits per heavy atom. The third-order valence-corrected chi connectivity index (χ3v) is 5.86. The number of nitrogens with one attached hydrogen (secondary N) is 2. The number of ether oxygens (including phenoxy) is 1. The van der Waals surface area contributed by atoms with Crippen LogP contribution >= 0.6 is 0 Å². The predicted molar refractivity (Wildman–Crippen MR) is 123 cm³/mol. The quantitative estimate of drug-likeness (QED) is 0.726. The molecule has 2 aromatic carbocycles. The SMILES string of the molecule is COc1ccccc1CN1CCC(NC(=O)C2=NC(C)C(=O)N(c3ccccc3)N2)CC1. The molecule has 0 radical (unpaired) electrons. The summed E-state index contributed by atoms with van der Waals surface area (Å²) >= 11 is 0. The fraction of sp³-hybridized carbons (Fsp3) is 0.375. The fourth-order valence-electron chi connectivity index (χ4n) is 4.07. The Morgan fingerprint density at radius 3 is 2.53 bits per heavy atom. The van der Waals surface area contributed by atoms with Crippen molar-refractivity contribution in [2.45, 2.75) is 38.4 Å². The van der Waals surface area contributed by atoms with Crippen molar-refractivity contribution in [3.05, 3.63) is 60.2 Å². The van der Waals surface area contributed by atoms with E-state index in [0.29, 0.717) is 5.69 Å². The highest BCUT2D eigenvalue weighted by molar-refractivity contribution is 6.39. The molecule has 4 rings (SSSR count). The van der Waals surface area contributed by atoms with Gasteiger partial charge in [-0.25, -0.2) is 10.0 Å². The summed E-state index contributed by atoms with van der Waals surface area (Å²) in [5.41, 5.74) is 4.73. The number of carbonyl (C=O) groups is 2. The molecule has 2 aliphatic heterocycles. The predicted octanol–water partition coefficient (Wildman–Crippen LogP) is 2.11. The monoisotopic (exact) mass is 435 g/mol. The van der Waals surface area contributed by atoms with E-state index in [1.807, 2.05) is 48.5 Å². The van der Waals surface area contributed by atoms with Gasteiger partial charge in [0.1, 0.15) is 11.8 Å². The van der Waals surface area contributed by atoms with Crippen LogP contribution in [0.1, 0.15) is 25.3 Å². The van der Waals surface area contributed by atoms with E-state index in [1.165, 1.54) is 5.01 Å². The minimum Gasteiger partial charge on any atom is -0.496 e. The van der Waals surface area contributed by atoms with Crippen LogP contribution in [0, 0.1) is 0 Å². The van der Waals surface area contributed by atoms with Crippen LogP contribution in [0.5, 0.6) is 5.75 Å². The summed E-state index contributed by atoms with van der Waals surface area (Å²) in [6, 6.07) is 16.7. The van der Waals surface area contributed by atoms with Crippen LogP contribution in [-0.2, 0) is 16.1 Å². The Hall–Kier alpha value is -3.39. The standard InChI is InChI=1S/C24H29N5O3/c1-17-24(31)29(20-9-4-3-5-10-20)27-22(25-17)23(30)26-19-12-14-28(15-13-19)16-18-8-6-7-11-21(18)32-2/h3-11,17,19H,12-16H2,1-2H3,(H,25,27)(H,26,30). The molecule has 2 aliphatic rings. The van der Waals surface area contributed by atoms with Crippen molar-refractivity contribution in [3.63, 3.8) is 0 Å². The highest BCUT2D eigenvalue weighted by Crippen LogP contribution is 2.22. The third kappa shape index (κ3) is 4.91. The fourth-order valence-corrected chi connectivity index (χ4v) is 4.07. The number of hydrazine groups is 1. The Labute approximate surface area is 188 Å². The van der Waals surface area contributed by atoms with Gasteiger partial charge < -0.3 is 10.1 Å². The largest absolute Gasteiger partial charge is 0.496 e. The first-order valence-electron chi connectivity index (χ1n) is 10.9. The molecule has 0 aromatic heterocycles. The number of amides is 2. The van der Waals surface area contributed by atoms with E-state index in [4.69, 9.17) is 4.74 Å². The number of rotatable bonds is 6. The Morgan fingerprint density at radius 1 is 1.12 bits per heavy atom. The van der Waals surface area contributed by atoms with E-state index in [1.54, 1.807) is 14.0 Å². The summed E-state index contributed by atoms with van der Waals surface area (Å²) in [6.07, 6.45) is 1.70. The molecular weight excluding hydrogens is 406 g/mol. The number of piperidine rings is 1. The van der Waals surface area contributed by atoms with E-state index >= 15 is 0 Å². The first kappa shape index (κ1) is 21.8. The maximum atomic E-state index is 12.9.